The Balaban J connectivity index is 1.95. The van der Waals surface area contributed by atoms with E-state index in [4.69, 9.17) is 4.74 Å². The van der Waals surface area contributed by atoms with Crippen molar-refractivity contribution in [3.05, 3.63) is 87.2 Å². The zero-order valence-corrected chi connectivity index (χ0v) is 18.6. The number of ether oxygens (including phenoxy) is 1. The summed E-state index contributed by atoms with van der Waals surface area (Å²) in [7, 11) is 0. The number of nitro groups is 1. The van der Waals surface area contributed by atoms with Crippen molar-refractivity contribution in [2.45, 2.75) is 19.9 Å². The molecule has 0 fully saturated rings. The van der Waals surface area contributed by atoms with Crippen LogP contribution in [0.1, 0.15) is 30.3 Å². The molecule has 0 spiro atoms. The van der Waals surface area contributed by atoms with E-state index in [9.17, 15) is 24.8 Å². The molecule has 0 unspecified atom stereocenters. The van der Waals surface area contributed by atoms with Crippen molar-refractivity contribution >= 4 is 40.4 Å². The van der Waals surface area contributed by atoms with Crippen molar-refractivity contribution in [2.24, 2.45) is 4.99 Å². The van der Waals surface area contributed by atoms with Gasteiger partial charge in [-0.3, -0.25) is 19.5 Å². The van der Waals surface area contributed by atoms with Gasteiger partial charge < -0.3 is 9.84 Å². The van der Waals surface area contributed by atoms with E-state index in [0.717, 1.165) is 34.4 Å². The summed E-state index contributed by atoms with van der Waals surface area (Å²) in [6, 6.07) is 6.27. The summed E-state index contributed by atoms with van der Waals surface area (Å²) in [5, 5.41) is 25.1. The Bertz CT molecular complexity index is 1430. The maximum atomic E-state index is 13.4. The Morgan fingerprint density at radius 3 is 2.81 bits per heavy atom. The number of non-ortho nitro benzene ring substituents is 1. The number of nitro benzene ring substituents is 1. The van der Waals surface area contributed by atoms with Crippen molar-refractivity contribution in [2.75, 3.05) is 6.61 Å². The molecule has 11 heteroatoms. The fourth-order valence-corrected chi connectivity index (χ4v) is 5.27. The zero-order valence-electron chi connectivity index (χ0n) is 16.9. The number of carbonyl (C=O) groups excluding carboxylic acids is 1. The molecule has 0 amide bonds. The number of carbonyl (C=O) groups is 1. The molecule has 1 aliphatic heterocycles. The lowest BCUT2D eigenvalue weighted by molar-refractivity contribution is -0.385. The molecule has 164 valence electrons. The zero-order chi connectivity index (χ0) is 23.0. The topological polar surface area (TPSA) is 127 Å². The highest BCUT2D eigenvalue weighted by molar-refractivity contribution is 7.10. The maximum absolute atomic E-state index is 13.4. The molecule has 1 aliphatic rings. The number of allylic oxidation sites excluding steroid dienone is 1. The van der Waals surface area contributed by atoms with Crippen LogP contribution in [0.4, 0.5) is 5.69 Å². The molecule has 3 aromatic rings. The fourth-order valence-electron chi connectivity index (χ4n) is 3.41. The Kier molecular flexibility index (Phi) is 5.76. The number of hydrogen-bond acceptors (Lipinski definition) is 9. The Labute approximate surface area is 189 Å². The van der Waals surface area contributed by atoms with Crippen LogP contribution in [0.5, 0.6) is 5.75 Å². The van der Waals surface area contributed by atoms with Crippen LogP contribution in [-0.4, -0.2) is 22.1 Å². The number of aromatic nitrogens is 1. The van der Waals surface area contributed by atoms with E-state index in [1.807, 2.05) is 17.5 Å². The first-order chi connectivity index (χ1) is 15.3. The lowest BCUT2D eigenvalue weighted by Crippen LogP contribution is -2.39. The number of rotatable bonds is 5. The quantitative estimate of drug-likeness (QED) is 0.318. The normalized spacial score (nSPS) is 15.9. The van der Waals surface area contributed by atoms with Gasteiger partial charge in [0.15, 0.2) is 4.80 Å². The van der Waals surface area contributed by atoms with Gasteiger partial charge in [-0.2, -0.15) is 0 Å². The molecule has 0 saturated heterocycles. The van der Waals surface area contributed by atoms with Gasteiger partial charge in [-0.1, -0.05) is 23.5 Å². The molecule has 2 aromatic heterocycles. The number of thiazole rings is 1. The third-order valence-electron chi connectivity index (χ3n) is 4.82. The summed E-state index contributed by atoms with van der Waals surface area (Å²) in [6.45, 7) is 3.55. The summed E-state index contributed by atoms with van der Waals surface area (Å²) < 4.78 is 6.80. The number of fused-ring (bicyclic) bond motifs is 1. The molecule has 9 nitrogen and oxygen atoms in total. The van der Waals surface area contributed by atoms with Gasteiger partial charge in [0.2, 0.25) is 0 Å². The number of hydrogen-bond donors (Lipinski definition) is 0. The standard InChI is InChI=1S/C21H17N3O6S2/c1-3-30-20(27)17-11(2)22-21-23(18(17)15-5-4-8-31-15)19(26)16(32-21)10-12-9-13(24(28)29)6-7-14(12)25/h4-10,18,25H,3H2,1-2H3/p-1/b16-10-/t18-/m0/s1. The molecule has 32 heavy (non-hydrogen) atoms. The molecule has 1 aromatic carbocycles. The van der Waals surface area contributed by atoms with Gasteiger partial charge in [0.25, 0.3) is 11.2 Å². The van der Waals surface area contributed by atoms with Crippen LogP contribution >= 0.6 is 22.7 Å². The average Bonchev–Trinajstić information content (AvgIpc) is 3.37. The number of esters is 1. The third kappa shape index (κ3) is 3.76. The average molecular weight is 471 g/mol. The molecule has 1 atom stereocenters. The lowest BCUT2D eigenvalue weighted by atomic mass is 10.0. The summed E-state index contributed by atoms with van der Waals surface area (Å²) in [6.07, 6.45) is 1.33. The van der Waals surface area contributed by atoms with Gasteiger partial charge in [0, 0.05) is 17.0 Å². The van der Waals surface area contributed by atoms with Crippen LogP contribution in [0.15, 0.2) is 56.8 Å². The fraction of sp³-hybridized carbons (Fsp3) is 0.190. The van der Waals surface area contributed by atoms with Crippen LogP contribution < -0.4 is 20.0 Å². The number of thiophene rings is 1. The first kappa shape index (κ1) is 21.7. The second-order valence-corrected chi connectivity index (χ2v) is 8.79. The SMILES string of the molecule is CCOC(=O)C1=C(C)N=c2s/c(=C\c3cc([N+](=O)[O-])ccc3[O-])c(=O)n2[C@H]1c1cccs1. The summed E-state index contributed by atoms with van der Waals surface area (Å²) in [4.78, 5) is 42.1. The molecule has 3 heterocycles. The van der Waals surface area contributed by atoms with Crippen molar-refractivity contribution < 1.29 is 19.6 Å². The number of benzene rings is 1. The Morgan fingerprint density at radius 2 is 2.16 bits per heavy atom. The molecule has 4 rings (SSSR count). The van der Waals surface area contributed by atoms with Gasteiger partial charge in [0.05, 0.1) is 27.3 Å². The third-order valence-corrected chi connectivity index (χ3v) is 6.73. The first-order valence-electron chi connectivity index (χ1n) is 9.50. The van der Waals surface area contributed by atoms with E-state index in [1.54, 1.807) is 13.8 Å². The van der Waals surface area contributed by atoms with Crippen LogP contribution in [-0.2, 0) is 9.53 Å². The summed E-state index contributed by atoms with van der Waals surface area (Å²) >= 11 is 2.44. The molecule has 0 N–H and O–H groups in total. The number of nitrogens with zero attached hydrogens (tertiary/aromatic N) is 3. The molecule has 0 saturated carbocycles. The van der Waals surface area contributed by atoms with E-state index >= 15 is 0 Å². The largest absolute Gasteiger partial charge is 0.872 e. The molecule has 0 radical (unpaired) electrons. The van der Waals surface area contributed by atoms with E-state index < -0.39 is 28.2 Å². The predicted octanol–water partition coefficient (Wildman–Crippen LogP) is 1.84. The smallest absolute Gasteiger partial charge is 0.338 e. The maximum Gasteiger partial charge on any atom is 0.338 e. The van der Waals surface area contributed by atoms with E-state index in [-0.39, 0.29) is 28.0 Å². The monoisotopic (exact) mass is 470 g/mol. The molecule has 0 bridgehead atoms. The minimum atomic E-state index is -0.718. The van der Waals surface area contributed by atoms with Crippen molar-refractivity contribution in [1.82, 2.24) is 4.57 Å². The summed E-state index contributed by atoms with van der Waals surface area (Å²) in [5.74, 6) is -0.999. The minimum Gasteiger partial charge on any atom is -0.872 e. The van der Waals surface area contributed by atoms with Crippen LogP contribution in [0.25, 0.3) is 6.08 Å². The van der Waals surface area contributed by atoms with Gasteiger partial charge in [-0.05, 0) is 36.9 Å². The van der Waals surface area contributed by atoms with Gasteiger partial charge in [-0.15, -0.1) is 17.1 Å². The lowest BCUT2D eigenvalue weighted by Gasteiger charge is -2.23. The van der Waals surface area contributed by atoms with E-state index in [0.29, 0.717) is 10.5 Å². The van der Waals surface area contributed by atoms with Crippen LogP contribution in [0.2, 0.25) is 0 Å². The minimum absolute atomic E-state index is 0.0264. The van der Waals surface area contributed by atoms with Gasteiger partial charge >= 0.3 is 5.97 Å². The second-order valence-electron chi connectivity index (χ2n) is 6.80. The summed E-state index contributed by atoms with van der Waals surface area (Å²) in [5.41, 5.74) is 0.0361. The molecular formula is C21H16N3O6S2-. The predicted molar refractivity (Wildman–Crippen MR) is 117 cm³/mol. The molecule has 0 aliphatic carbocycles. The highest BCUT2D eigenvalue weighted by atomic mass is 32.1. The molecular weight excluding hydrogens is 454 g/mol. The Morgan fingerprint density at radius 1 is 1.38 bits per heavy atom. The van der Waals surface area contributed by atoms with Crippen LogP contribution in [0, 0.1) is 10.1 Å². The van der Waals surface area contributed by atoms with Gasteiger partial charge in [0.1, 0.15) is 6.04 Å². The van der Waals surface area contributed by atoms with Crippen molar-refractivity contribution in [1.29, 1.82) is 0 Å². The van der Waals surface area contributed by atoms with Gasteiger partial charge in [-0.25, -0.2) is 9.79 Å². The van der Waals surface area contributed by atoms with E-state index in [1.165, 1.54) is 22.0 Å². The highest BCUT2D eigenvalue weighted by Crippen LogP contribution is 2.33. The Hall–Kier alpha value is -3.57. The second kappa shape index (κ2) is 8.52. The highest BCUT2D eigenvalue weighted by Gasteiger charge is 2.33. The van der Waals surface area contributed by atoms with Crippen LogP contribution in [0.3, 0.4) is 0 Å². The first-order valence-corrected chi connectivity index (χ1v) is 11.2. The van der Waals surface area contributed by atoms with Crippen molar-refractivity contribution in [3.63, 3.8) is 0 Å². The van der Waals surface area contributed by atoms with Crippen molar-refractivity contribution in [3.8, 4) is 5.75 Å². The van der Waals surface area contributed by atoms with E-state index in [2.05, 4.69) is 4.99 Å².